The van der Waals surface area contributed by atoms with E-state index in [1.54, 1.807) is 19.1 Å². The molecule has 1 heterocycles. The summed E-state index contributed by atoms with van der Waals surface area (Å²) in [6.45, 7) is 1.78. The number of rotatable bonds is 4. The summed E-state index contributed by atoms with van der Waals surface area (Å²) in [5, 5.41) is 0.423. The Morgan fingerprint density at radius 3 is 2.09 bits per heavy atom. The van der Waals surface area contributed by atoms with Crippen LogP contribution in [0, 0.1) is 5.41 Å². The molecule has 0 atom stereocenters. The summed E-state index contributed by atoms with van der Waals surface area (Å²) >= 11 is 0. The Morgan fingerprint density at radius 1 is 1.09 bits per heavy atom. The molecule has 0 aromatic heterocycles. The molecule has 7 nitrogen and oxygen atoms in total. The Hall–Kier alpha value is -2.70. The Kier molecular flexibility index (Phi) is 3.63. The predicted molar refractivity (Wildman–Crippen MR) is 76.0 cm³/mol. The Labute approximate surface area is 132 Å². The van der Waals surface area contributed by atoms with Gasteiger partial charge in [0, 0.05) is 0 Å². The molecule has 1 aromatic carbocycles. The second-order valence-corrected chi connectivity index (χ2v) is 5.49. The first-order chi connectivity index (χ1) is 11.0. The van der Waals surface area contributed by atoms with Gasteiger partial charge in [0.2, 0.25) is 0 Å². The lowest BCUT2D eigenvalue weighted by atomic mass is 9.69. The Balaban J connectivity index is 1.80. The van der Waals surface area contributed by atoms with E-state index >= 15 is 0 Å². The minimum atomic E-state index is -1.41. The van der Waals surface area contributed by atoms with E-state index in [9.17, 15) is 19.2 Å². The van der Waals surface area contributed by atoms with Crippen LogP contribution in [-0.4, -0.2) is 35.4 Å². The number of nitrogens with zero attached hydrogens (tertiary/aromatic N) is 1. The molecule has 0 N–H and O–H groups in total. The summed E-state index contributed by atoms with van der Waals surface area (Å²) in [7, 11) is 0. The molecule has 1 aliphatic heterocycles. The van der Waals surface area contributed by atoms with Gasteiger partial charge in [0.25, 0.3) is 11.8 Å². The van der Waals surface area contributed by atoms with Crippen molar-refractivity contribution in [2.75, 3.05) is 6.61 Å². The molecule has 1 saturated carbocycles. The quantitative estimate of drug-likeness (QED) is 0.474. The van der Waals surface area contributed by atoms with Gasteiger partial charge in [-0.2, -0.15) is 0 Å². The first kappa shape index (κ1) is 15.2. The van der Waals surface area contributed by atoms with Gasteiger partial charge in [-0.3, -0.25) is 14.4 Å². The predicted octanol–water partition coefficient (Wildman–Crippen LogP) is 1.47. The molecule has 2 amide bonds. The third kappa shape index (κ3) is 2.19. The molecule has 23 heavy (non-hydrogen) atoms. The highest BCUT2D eigenvalue weighted by atomic mass is 16.7. The Morgan fingerprint density at radius 2 is 1.65 bits per heavy atom. The number of hydrogen-bond donors (Lipinski definition) is 0. The van der Waals surface area contributed by atoms with Crippen LogP contribution in [0.5, 0.6) is 0 Å². The van der Waals surface area contributed by atoms with E-state index in [1.807, 2.05) is 0 Å². The number of ether oxygens (including phenoxy) is 1. The molecule has 120 valence electrons. The van der Waals surface area contributed by atoms with Crippen LogP contribution in [0.4, 0.5) is 0 Å². The summed E-state index contributed by atoms with van der Waals surface area (Å²) < 4.78 is 4.92. The average molecular weight is 317 g/mol. The molecular weight excluding hydrogens is 302 g/mol. The number of benzene rings is 1. The molecule has 1 aliphatic carbocycles. The molecule has 1 aromatic rings. The maximum Gasteiger partial charge on any atom is 0.350 e. The van der Waals surface area contributed by atoms with Crippen molar-refractivity contribution < 1.29 is 28.8 Å². The van der Waals surface area contributed by atoms with Gasteiger partial charge in [-0.1, -0.05) is 17.2 Å². The van der Waals surface area contributed by atoms with Gasteiger partial charge in [0.05, 0.1) is 17.7 Å². The maximum atomic E-state index is 12.4. The number of fused-ring (bicyclic) bond motifs is 1. The van der Waals surface area contributed by atoms with Gasteiger partial charge in [-0.15, -0.1) is 0 Å². The van der Waals surface area contributed by atoms with Gasteiger partial charge in [0.1, 0.15) is 0 Å². The van der Waals surface area contributed by atoms with E-state index < -0.39 is 29.2 Å². The van der Waals surface area contributed by atoms with Crippen molar-refractivity contribution in [3.63, 3.8) is 0 Å². The molecule has 2 aliphatic rings. The molecular formula is C16H15NO6. The van der Waals surface area contributed by atoms with Crippen molar-refractivity contribution in [2.45, 2.75) is 26.2 Å². The van der Waals surface area contributed by atoms with Crippen molar-refractivity contribution in [1.82, 2.24) is 5.06 Å². The molecule has 1 fully saturated rings. The van der Waals surface area contributed by atoms with E-state index in [4.69, 9.17) is 9.57 Å². The minimum Gasteiger partial charge on any atom is -0.465 e. The van der Waals surface area contributed by atoms with Crippen molar-refractivity contribution in [2.24, 2.45) is 5.41 Å². The number of imide groups is 1. The monoisotopic (exact) mass is 317 g/mol. The van der Waals surface area contributed by atoms with Crippen LogP contribution < -0.4 is 0 Å². The molecule has 0 spiro atoms. The number of carbonyl (C=O) groups excluding carboxylic acids is 4. The molecule has 0 unspecified atom stereocenters. The SMILES string of the molecule is CCOC(=O)C1(C(=O)ON2C(=O)c3ccccc3C2=O)CCC1. The number of hydrogen-bond acceptors (Lipinski definition) is 6. The van der Waals surface area contributed by atoms with Gasteiger partial charge in [-0.25, -0.2) is 4.79 Å². The number of esters is 1. The van der Waals surface area contributed by atoms with E-state index in [1.165, 1.54) is 12.1 Å². The summed E-state index contributed by atoms with van der Waals surface area (Å²) in [4.78, 5) is 53.8. The minimum absolute atomic E-state index is 0.140. The van der Waals surface area contributed by atoms with Crippen LogP contribution in [0.3, 0.4) is 0 Å². The number of hydroxylamine groups is 2. The third-order valence-corrected chi connectivity index (χ3v) is 4.20. The highest BCUT2D eigenvalue weighted by Gasteiger charge is 2.55. The smallest absolute Gasteiger partial charge is 0.350 e. The highest BCUT2D eigenvalue weighted by molar-refractivity contribution is 6.21. The first-order valence-corrected chi connectivity index (χ1v) is 7.38. The normalized spacial score (nSPS) is 18.2. The zero-order valence-electron chi connectivity index (χ0n) is 12.5. The van der Waals surface area contributed by atoms with E-state index in [0.717, 1.165) is 0 Å². The van der Waals surface area contributed by atoms with Crippen molar-refractivity contribution in [1.29, 1.82) is 0 Å². The van der Waals surface area contributed by atoms with Crippen molar-refractivity contribution in [3.8, 4) is 0 Å². The highest BCUT2D eigenvalue weighted by Crippen LogP contribution is 2.43. The first-order valence-electron chi connectivity index (χ1n) is 7.38. The third-order valence-electron chi connectivity index (χ3n) is 4.20. The van der Waals surface area contributed by atoms with Gasteiger partial charge in [0.15, 0.2) is 5.41 Å². The zero-order chi connectivity index (χ0) is 16.6. The van der Waals surface area contributed by atoms with Gasteiger partial charge < -0.3 is 9.57 Å². The fourth-order valence-corrected chi connectivity index (χ4v) is 2.71. The van der Waals surface area contributed by atoms with Crippen LogP contribution in [0.15, 0.2) is 24.3 Å². The van der Waals surface area contributed by atoms with Crippen molar-refractivity contribution >= 4 is 23.8 Å². The molecule has 3 rings (SSSR count). The topological polar surface area (TPSA) is 90.0 Å². The summed E-state index contributed by atoms with van der Waals surface area (Å²) in [6, 6.07) is 6.18. The Bertz CT molecular complexity index is 671. The second-order valence-electron chi connectivity index (χ2n) is 5.49. The van der Waals surface area contributed by atoms with Crippen LogP contribution in [0.1, 0.15) is 46.9 Å². The maximum absolute atomic E-state index is 12.4. The standard InChI is InChI=1S/C16H15NO6/c1-2-22-14(20)16(8-5-9-16)15(21)23-17-12(18)10-6-3-4-7-11(10)13(17)19/h3-4,6-7H,2,5,8-9H2,1H3. The van der Waals surface area contributed by atoms with Crippen molar-refractivity contribution in [3.05, 3.63) is 35.4 Å². The van der Waals surface area contributed by atoms with E-state index in [0.29, 0.717) is 11.5 Å². The lowest BCUT2D eigenvalue weighted by molar-refractivity contribution is -0.196. The van der Waals surface area contributed by atoms with Crippen LogP contribution in [0.2, 0.25) is 0 Å². The average Bonchev–Trinajstić information content (AvgIpc) is 2.72. The number of carbonyl (C=O) groups is 4. The van der Waals surface area contributed by atoms with Crippen LogP contribution in [0.25, 0.3) is 0 Å². The van der Waals surface area contributed by atoms with E-state index in [2.05, 4.69) is 0 Å². The fraction of sp³-hybridized carbons (Fsp3) is 0.375. The van der Waals surface area contributed by atoms with E-state index in [-0.39, 0.29) is 30.6 Å². The molecule has 0 radical (unpaired) electrons. The number of amides is 2. The van der Waals surface area contributed by atoms with Crippen LogP contribution in [-0.2, 0) is 19.2 Å². The largest absolute Gasteiger partial charge is 0.465 e. The molecule has 0 bridgehead atoms. The molecule has 0 saturated heterocycles. The lowest BCUT2D eigenvalue weighted by Gasteiger charge is -2.36. The lowest BCUT2D eigenvalue weighted by Crippen LogP contribution is -2.50. The van der Waals surface area contributed by atoms with Gasteiger partial charge >= 0.3 is 11.9 Å². The molecule has 7 heteroatoms. The summed E-state index contributed by atoms with van der Waals surface area (Å²) in [5.41, 5.74) is -1.07. The summed E-state index contributed by atoms with van der Waals surface area (Å²) in [6.07, 6.45) is 1.25. The fourth-order valence-electron chi connectivity index (χ4n) is 2.71. The summed E-state index contributed by atoms with van der Waals surface area (Å²) in [5.74, 6) is -3.01. The van der Waals surface area contributed by atoms with Gasteiger partial charge in [-0.05, 0) is 38.3 Å². The second kappa shape index (κ2) is 5.49. The zero-order valence-corrected chi connectivity index (χ0v) is 12.5. The van der Waals surface area contributed by atoms with Crippen LogP contribution >= 0.6 is 0 Å².